The van der Waals surface area contributed by atoms with E-state index in [0.29, 0.717) is 11.5 Å². The Bertz CT molecular complexity index is 347. The predicted octanol–water partition coefficient (Wildman–Crippen LogP) is 4.43. The van der Waals surface area contributed by atoms with Crippen LogP contribution in [-0.2, 0) is 0 Å². The van der Waals surface area contributed by atoms with E-state index in [2.05, 4.69) is 0 Å². The van der Waals surface area contributed by atoms with E-state index in [9.17, 15) is 8.78 Å². The molecule has 1 saturated carbocycles. The molecule has 1 aliphatic carbocycles. The topological polar surface area (TPSA) is 0 Å². The van der Waals surface area contributed by atoms with Gasteiger partial charge in [0, 0.05) is 5.56 Å². The summed E-state index contributed by atoms with van der Waals surface area (Å²) in [5.41, 5.74) is 0.295. The van der Waals surface area contributed by atoms with Gasteiger partial charge in [0.2, 0.25) is 0 Å². The molecule has 0 N–H and O–H groups in total. The second-order valence-corrected chi connectivity index (χ2v) is 4.69. The third-order valence-electron chi connectivity index (χ3n) is 3.06. The molecule has 0 aliphatic heterocycles. The van der Waals surface area contributed by atoms with E-state index in [4.69, 9.17) is 11.6 Å². The van der Waals surface area contributed by atoms with Crippen molar-refractivity contribution in [3.05, 3.63) is 35.4 Å². The lowest BCUT2D eigenvalue weighted by Crippen LogP contribution is -2.13. The average Bonchev–Trinajstić information content (AvgIpc) is 2.15. The summed E-state index contributed by atoms with van der Waals surface area (Å²) in [7, 11) is 0. The van der Waals surface area contributed by atoms with Crippen molar-refractivity contribution in [3.8, 4) is 0 Å². The van der Waals surface area contributed by atoms with Crippen molar-refractivity contribution in [1.82, 2.24) is 0 Å². The zero-order valence-corrected chi connectivity index (χ0v) is 9.11. The molecule has 0 spiro atoms. The molecule has 1 aromatic carbocycles. The number of hydrogen-bond acceptors (Lipinski definition) is 0. The first kappa shape index (κ1) is 10.9. The Morgan fingerprint density at radius 1 is 1.33 bits per heavy atom. The highest BCUT2D eigenvalue weighted by Crippen LogP contribution is 2.38. The number of rotatable bonds is 3. The predicted molar refractivity (Wildman–Crippen MR) is 56.9 cm³/mol. The van der Waals surface area contributed by atoms with E-state index in [1.807, 2.05) is 0 Å². The summed E-state index contributed by atoms with van der Waals surface area (Å²) >= 11 is 6.08. The summed E-state index contributed by atoms with van der Waals surface area (Å²) in [5.74, 6) is -0.239. The number of hydrogen-bond donors (Lipinski definition) is 0. The lowest BCUT2D eigenvalue weighted by atomic mass is 9.81. The van der Waals surface area contributed by atoms with Crippen molar-refractivity contribution in [1.29, 1.82) is 0 Å². The third-order valence-corrected chi connectivity index (χ3v) is 3.47. The summed E-state index contributed by atoms with van der Waals surface area (Å²) in [6, 6.07) is 3.46. The number of alkyl halides is 1. The van der Waals surface area contributed by atoms with Crippen molar-refractivity contribution in [2.24, 2.45) is 5.92 Å². The van der Waals surface area contributed by atoms with Gasteiger partial charge in [-0.05, 0) is 30.5 Å². The van der Waals surface area contributed by atoms with E-state index < -0.39 is 17.0 Å². The maximum absolute atomic E-state index is 13.3. The smallest absolute Gasteiger partial charge is 0.128 e. The molecule has 1 aliphatic rings. The lowest BCUT2D eigenvalue weighted by Gasteiger charge is -2.27. The lowest BCUT2D eigenvalue weighted by molar-refractivity contribution is 0.292. The molecule has 3 heteroatoms. The molecular weight excluding hydrogens is 218 g/mol. The molecule has 2 rings (SSSR count). The molecule has 82 valence electrons. The first-order valence-corrected chi connectivity index (χ1v) is 5.69. The molecule has 1 unspecified atom stereocenters. The maximum Gasteiger partial charge on any atom is 0.128 e. The average molecular weight is 231 g/mol. The molecule has 0 heterocycles. The van der Waals surface area contributed by atoms with E-state index in [0.717, 1.165) is 18.6 Å². The Morgan fingerprint density at radius 2 is 2.07 bits per heavy atom. The molecular formula is C12H13ClF2. The Hall–Kier alpha value is -0.630. The maximum atomic E-state index is 13.3. The highest BCUT2D eigenvalue weighted by atomic mass is 35.5. The Balaban J connectivity index is 2.09. The van der Waals surface area contributed by atoms with Crippen LogP contribution in [0, 0.1) is 17.6 Å². The van der Waals surface area contributed by atoms with Gasteiger partial charge in [-0.1, -0.05) is 19.3 Å². The van der Waals surface area contributed by atoms with Gasteiger partial charge in [0.15, 0.2) is 0 Å². The van der Waals surface area contributed by atoms with E-state index in [-0.39, 0.29) is 0 Å². The summed E-state index contributed by atoms with van der Waals surface area (Å²) in [4.78, 5) is 0. The molecule has 0 saturated heterocycles. The minimum Gasteiger partial charge on any atom is -0.207 e. The molecule has 1 aromatic rings. The molecule has 1 atom stereocenters. The quantitative estimate of drug-likeness (QED) is 0.674. The van der Waals surface area contributed by atoms with Gasteiger partial charge in [0.25, 0.3) is 0 Å². The second-order valence-electron chi connectivity index (χ2n) is 4.17. The fraction of sp³-hybridized carbons (Fsp3) is 0.500. The Morgan fingerprint density at radius 3 is 2.67 bits per heavy atom. The standard InChI is InChI=1S/C12H13ClF2/c13-11(6-8-2-1-3-8)10-7-9(14)4-5-12(10)15/h4-5,7-8,11H,1-3,6H2. The van der Waals surface area contributed by atoms with Crippen molar-refractivity contribution < 1.29 is 8.78 Å². The zero-order valence-electron chi connectivity index (χ0n) is 8.35. The van der Waals surface area contributed by atoms with Crippen LogP contribution >= 0.6 is 11.6 Å². The van der Waals surface area contributed by atoms with Crippen LogP contribution in [0.2, 0.25) is 0 Å². The largest absolute Gasteiger partial charge is 0.207 e. The van der Waals surface area contributed by atoms with Crippen LogP contribution in [0.4, 0.5) is 8.78 Å². The van der Waals surface area contributed by atoms with Gasteiger partial charge in [-0.25, -0.2) is 8.78 Å². The number of halogens is 3. The van der Waals surface area contributed by atoms with Crippen LogP contribution < -0.4 is 0 Å². The molecule has 0 bridgehead atoms. The van der Waals surface area contributed by atoms with Gasteiger partial charge in [-0.3, -0.25) is 0 Å². The van der Waals surface area contributed by atoms with Gasteiger partial charge in [-0.2, -0.15) is 0 Å². The van der Waals surface area contributed by atoms with E-state index >= 15 is 0 Å². The molecule has 15 heavy (non-hydrogen) atoms. The van der Waals surface area contributed by atoms with Crippen LogP contribution in [0.1, 0.15) is 36.6 Å². The van der Waals surface area contributed by atoms with Gasteiger partial charge < -0.3 is 0 Å². The van der Waals surface area contributed by atoms with Crippen LogP contribution in [-0.4, -0.2) is 0 Å². The zero-order chi connectivity index (χ0) is 10.8. The van der Waals surface area contributed by atoms with Gasteiger partial charge >= 0.3 is 0 Å². The monoisotopic (exact) mass is 230 g/mol. The molecule has 0 aromatic heterocycles. The van der Waals surface area contributed by atoms with Crippen LogP contribution in [0.5, 0.6) is 0 Å². The van der Waals surface area contributed by atoms with Crippen molar-refractivity contribution in [2.45, 2.75) is 31.1 Å². The second kappa shape index (κ2) is 4.48. The Labute approximate surface area is 93.2 Å². The molecule has 0 amide bonds. The fourth-order valence-corrected chi connectivity index (χ4v) is 2.32. The van der Waals surface area contributed by atoms with Gasteiger partial charge in [0.1, 0.15) is 11.6 Å². The third kappa shape index (κ3) is 2.49. The summed E-state index contributed by atoms with van der Waals surface area (Å²) in [6.07, 6.45) is 4.32. The van der Waals surface area contributed by atoms with Crippen molar-refractivity contribution >= 4 is 11.6 Å². The number of benzene rings is 1. The van der Waals surface area contributed by atoms with Crippen LogP contribution in [0.25, 0.3) is 0 Å². The summed E-state index contributed by atoms with van der Waals surface area (Å²) in [5, 5.41) is -0.397. The fourth-order valence-electron chi connectivity index (χ4n) is 1.90. The highest BCUT2D eigenvalue weighted by Gasteiger charge is 2.23. The van der Waals surface area contributed by atoms with Crippen LogP contribution in [0.3, 0.4) is 0 Å². The minimum absolute atomic E-state index is 0.295. The first-order chi connectivity index (χ1) is 7.16. The normalized spacial score (nSPS) is 18.6. The van der Waals surface area contributed by atoms with Crippen molar-refractivity contribution in [3.63, 3.8) is 0 Å². The first-order valence-electron chi connectivity index (χ1n) is 5.26. The van der Waals surface area contributed by atoms with E-state index in [1.165, 1.54) is 25.3 Å². The summed E-state index contributed by atoms with van der Waals surface area (Å²) < 4.78 is 26.3. The van der Waals surface area contributed by atoms with Gasteiger partial charge in [0.05, 0.1) is 5.38 Å². The minimum atomic E-state index is -0.425. The van der Waals surface area contributed by atoms with Gasteiger partial charge in [-0.15, -0.1) is 11.6 Å². The SMILES string of the molecule is Fc1ccc(F)c(C(Cl)CC2CCC2)c1. The summed E-state index contributed by atoms with van der Waals surface area (Å²) in [6.45, 7) is 0. The Kier molecular flexibility index (Phi) is 3.25. The highest BCUT2D eigenvalue weighted by molar-refractivity contribution is 6.20. The van der Waals surface area contributed by atoms with E-state index in [1.54, 1.807) is 0 Å². The molecule has 1 fully saturated rings. The molecule has 0 nitrogen and oxygen atoms in total. The molecule has 0 radical (unpaired) electrons. The van der Waals surface area contributed by atoms with Crippen molar-refractivity contribution in [2.75, 3.05) is 0 Å². The van der Waals surface area contributed by atoms with Crippen LogP contribution in [0.15, 0.2) is 18.2 Å².